The molecule has 0 spiro atoms. The SMILES string of the molecule is C=C/C=C1/C=Cc2ccc(-c3ccccc3)nc2/C1=N/Cc1cccc(C/C=C\c2ccc3ccc(-c4ccccc4)nc3c2N)c1. The van der Waals surface area contributed by atoms with Crippen LogP contribution in [0.15, 0.2) is 163 Å². The van der Waals surface area contributed by atoms with E-state index in [1.165, 1.54) is 5.56 Å². The molecule has 2 aromatic heterocycles. The van der Waals surface area contributed by atoms with Crippen molar-refractivity contribution in [3.05, 3.63) is 186 Å². The highest BCUT2D eigenvalue weighted by Crippen LogP contribution is 2.29. The Morgan fingerprint density at radius 2 is 1.40 bits per heavy atom. The van der Waals surface area contributed by atoms with Crippen molar-refractivity contribution >= 4 is 34.5 Å². The van der Waals surface area contributed by atoms with Gasteiger partial charge >= 0.3 is 0 Å². The molecular formula is C43H34N4. The zero-order chi connectivity index (χ0) is 32.0. The smallest absolute Gasteiger partial charge is 0.0967 e. The molecule has 6 aromatic rings. The van der Waals surface area contributed by atoms with Crippen LogP contribution in [-0.4, -0.2) is 15.7 Å². The highest BCUT2D eigenvalue weighted by Gasteiger charge is 2.18. The number of pyridine rings is 2. The second-order valence-electron chi connectivity index (χ2n) is 11.5. The predicted molar refractivity (Wildman–Crippen MR) is 198 cm³/mol. The highest BCUT2D eigenvalue weighted by molar-refractivity contribution is 6.17. The van der Waals surface area contributed by atoms with Gasteiger partial charge in [0.05, 0.1) is 40.5 Å². The Labute approximate surface area is 275 Å². The molecule has 4 heteroatoms. The van der Waals surface area contributed by atoms with Crippen LogP contribution in [0, 0.1) is 0 Å². The minimum atomic E-state index is 0.541. The number of hydrogen-bond donors (Lipinski definition) is 1. The van der Waals surface area contributed by atoms with Gasteiger partial charge in [0.1, 0.15) is 0 Å². The number of anilines is 1. The molecule has 2 N–H and O–H groups in total. The van der Waals surface area contributed by atoms with E-state index in [2.05, 4.69) is 110 Å². The lowest BCUT2D eigenvalue weighted by Crippen LogP contribution is -2.13. The Hall–Kier alpha value is -6.13. The van der Waals surface area contributed by atoms with Crippen LogP contribution in [-0.2, 0) is 13.0 Å². The number of aliphatic imine (C=N–C) groups is 1. The molecule has 2 heterocycles. The minimum Gasteiger partial charge on any atom is -0.396 e. The molecule has 4 aromatic carbocycles. The fourth-order valence-corrected chi connectivity index (χ4v) is 5.88. The zero-order valence-electron chi connectivity index (χ0n) is 26.1. The van der Waals surface area contributed by atoms with Crippen LogP contribution in [0.25, 0.3) is 45.6 Å². The normalized spacial score (nSPS) is 14.2. The van der Waals surface area contributed by atoms with Gasteiger partial charge in [0.2, 0.25) is 0 Å². The van der Waals surface area contributed by atoms with E-state index in [0.717, 1.165) is 73.5 Å². The summed E-state index contributed by atoms with van der Waals surface area (Å²) in [5, 5.41) is 1.03. The summed E-state index contributed by atoms with van der Waals surface area (Å²) in [7, 11) is 0. The van der Waals surface area contributed by atoms with Crippen molar-refractivity contribution in [3.8, 4) is 22.5 Å². The lowest BCUT2D eigenvalue weighted by Gasteiger charge is -2.17. The summed E-state index contributed by atoms with van der Waals surface area (Å²) in [6.45, 7) is 4.46. The number of hydrogen-bond acceptors (Lipinski definition) is 4. The Kier molecular flexibility index (Phi) is 8.48. The molecule has 1 aliphatic rings. The van der Waals surface area contributed by atoms with Crippen molar-refractivity contribution in [1.29, 1.82) is 0 Å². The van der Waals surface area contributed by atoms with Crippen molar-refractivity contribution in [3.63, 3.8) is 0 Å². The van der Waals surface area contributed by atoms with Gasteiger partial charge in [-0.05, 0) is 35.2 Å². The number of nitrogens with zero attached hydrogens (tertiary/aromatic N) is 3. The summed E-state index contributed by atoms with van der Waals surface area (Å²) in [5.74, 6) is 0. The van der Waals surface area contributed by atoms with E-state index in [4.69, 9.17) is 20.7 Å². The lowest BCUT2D eigenvalue weighted by atomic mass is 9.94. The van der Waals surface area contributed by atoms with Crippen LogP contribution < -0.4 is 5.73 Å². The van der Waals surface area contributed by atoms with E-state index >= 15 is 0 Å². The lowest BCUT2D eigenvalue weighted by molar-refractivity contribution is 1.05. The monoisotopic (exact) mass is 606 g/mol. The first kappa shape index (κ1) is 29.6. The van der Waals surface area contributed by atoms with Crippen molar-refractivity contribution < 1.29 is 0 Å². The number of benzene rings is 4. The maximum atomic E-state index is 6.64. The molecule has 0 bridgehead atoms. The topological polar surface area (TPSA) is 64.2 Å². The molecule has 0 atom stereocenters. The van der Waals surface area contributed by atoms with E-state index in [1.54, 1.807) is 6.08 Å². The zero-order valence-corrected chi connectivity index (χ0v) is 26.1. The number of nitrogen functional groups attached to an aromatic ring is 1. The predicted octanol–water partition coefficient (Wildman–Crippen LogP) is 9.93. The third kappa shape index (κ3) is 6.49. The average Bonchev–Trinajstić information content (AvgIpc) is 3.13. The molecule has 0 fully saturated rings. The fraction of sp³-hybridized carbons (Fsp3) is 0.0465. The number of allylic oxidation sites excluding steroid dienone is 5. The van der Waals surface area contributed by atoms with Crippen molar-refractivity contribution in [1.82, 2.24) is 9.97 Å². The molecule has 0 radical (unpaired) electrons. The second kappa shape index (κ2) is 13.5. The van der Waals surface area contributed by atoms with Gasteiger partial charge in [-0.1, -0.05) is 152 Å². The third-order valence-corrected chi connectivity index (χ3v) is 8.30. The molecule has 7 rings (SSSR count). The highest BCUT2D eigenvalue weighted by atomic mass is 14.8. The molecule has 0 unspecified atom stereocenters. The summed E-state index contributed by atoms with van der Waals surface area (Å²) in [6.07, 6.45) is 13.0. The number of aromatic nitrogens is 2. The van der Waals surface area contributed by atoms with Gasteiger partial charge in [-0.15, -0.1) is 0 Å². The van der Waals surface area contributed by atoms with Crippen LogP contribution in [0.1, 0.15) is 27.9 Å². The van der Waals surface area contributed by atoms with Gasteiger partial charge < -0.3 is 5.73 Å². The first-order valence-corrected chi connectivity index (χ1v) is 15.8. The Balaban J connectivity index is 1.11. The molecule has 0 saturated heterocycles. The minimum absolute atomic E-state index is 0.541. The maximum absolute atomic E-state index is 6.64. The Morgan fingerprint density at radius 1 is 0.702 bits per heavy atom. The number of fused-ring (bicyclic) bond motifs is 2. The maximum Gasteiger partial charge on any atom is 0.0967 e. The number of nitrogens with two attached hydrogens (primary N) is 1. The summed E-state index contributed by atoms with van der Waals surface area (Å²) in [4.78, 5) is 15.1. The van der Waals surface area contributed by atoms with Crippen LogP contribution in [0.4, 0.5) is 5.69 Å². The summed E-state index contributed by atoms with van der Waals surface area (Å²) < 4.78 is 0. The molecule has 1 aliphatic carbocycles. The first-order chi connectivity index (χ1) is 23.2. The second-order valence-corrected chi connectivity index (χ2v) is 11.5. The van der Waals surface area contributed by atoms with E-state index in [0.29, 0.717) is 12.2 Å². The molecule has 0 amide bonds. The first-order valence-electron chi connectivity index (χ1n) is 15.8. The molecule has 0 saturated carbocycles. The molecular weight excluding hydrogens is 573 g/mol. The van der Waals surface area contributed by atoms with Crippen molar-refractivity contribution in [2.75, 3.05) is 5.73 Å². The van der Waals surface area contributed by atoms with Gasteiger partial charge in [-0.3, -0.25) is 4.99 Å². The largest absolute Gasteiger partial charge is 0.396 e. The molecule has 47 heavy (non-hydrogen) atoms. The van der Waals surface area contributed by atoms with E-state index in [-0.39, 0.29) is 0 Å². The average molecular weight is 607 g/mol. The van der Waals surface area contributed by atoms with Crippen molar-refractivity contribution in [2.45, 2.75) is 13.0 Å². The third-order valence-electron chi connectivity index (χ3n) is 8.30. The van der Waals surface area contributed by atoms with Crippen LogP contribution in [0.5, 0.6) is 0 Å². The van der Waals surface area contributed by atoms with E-state index in [1.807, 2.05) is 48.5 Å². The van der Waals surface area contributed by atoms with Gasteiger partial charge in [0.15, 0.2) is 0 Å². The van der Waals surface area contributed by atoms with Gasteiger partial charge in [0, 0.05) is 27.6 Å². The van der Waals surface area contributed by atoms with Crippen LogP contribution in [0.3, 0.4) is 0 Å². The molecule has 4 nitrogen and oxygen atoms in total. The van der Waals surface area contributed by atoms with E-state index in [9.17, 15) is 0 Å². The number of rotatable bonds is 8. The van der Waals surface area contributed by atoms with Gasteiger partial charge in [0.25, 0.3) is 0 Å². The Morgan fingerprint density at radius 3 is 2.17 bits per heavy atom. The summed E-state index contributed by atoms with van der Waals surface area (Å²) >= 11 is 0. The quantitative estimate of drug-likeness (QED) is 0.175. The van der Waals surface area contributed by atoms with Gasteiger partial charge in [-0.25, -0.2) is 9.97 Å². The Bertz CT molecular complexity index is 2210. The summed E-state index contributed by atoms with van der Waals surface area (Å²) in [5.41, 5.74) is 19.3. The fourth-order valence-electron chi connectivity index (χ4n) is 5.88. The van der Waals surface area contributed by atoms with Crippen LogP contribution in [0.2, 0.25) is 0 Å². The molecule has 0 aliphatic heterocycles. The van der Waals surface area contributed by atoms with E-state index < -0.39 is 0 Å². The summed E-state index contributed by atoms with van der Waals surface area (Å²) in [6, 6.07) is 41.5. The van der Waals surface area contributed by atoms with Crippen molar-refractivity contribution in [2.24, 2.45) is 4.99 Å². The molecule has 226 valence electrons. The standard InChI is InChI=1S/C43H34N4/c1-2-11-35-22-23-37-25-27-39(33-17-7-4-8-18-33)47-43(37)42(35)45-29-31-14-9-12-30(28-31)13-10-19-34-20-21-36-24-26-38(46-41(36)40(34)44)32-15-5-3-6-16-32/h2-12,14-28H,1,13,29,44H2/b19-10-,35-11-,45-42+. The van der Waals surface area contributed by atoms with Crippen LogP contribution >= 0.6 is 0 Å². The van der Waals surface area contributed by atoms with Gasteiger partial charge in [-0.2, -0.15) is 0 Å².